The van der Waals surface area contributed by atoms with Gasteiger partial charge >= 0.3 is 22.4 Å². The molecule has 1 amide bonds. The van der Waals surface area contributed by atoms with Gasteiger partial charge < -0.3 is 14.8 Å². The molecule has 172 valence electrons. The van der Waals surface area contributed by atoms with Gasteiger partial charge in [-0.05, 0) is 44.9 Å². The number of benzene rings is 1. The summed E-state index contributed by atoms with van der Waals surface area (Å²) in [6.45, 7) is 5.28. The largest absolute Gasteiger partial charge is 0.469 e. The van der Waals surface area contributed by atoms with Crippen LogP contribution in [0.15, 0.2) is 29.3 Å². The van der Waals surface area contributed by atoms with Gasteiger partial charge in [0.1, 0.15) is 5.60 Å². The maximum atomic E-state index is 12.4. The van der Waals surface area contributed by atoms with E-state index in [4.69, 9.17) is 14.0 Å². The second-order valence-corrected chi connectivity index (χ2v) is 10.1. The number of nitrogens with zero attached hydrogens (tertiary/aromatic N) is 1. The molecule has 2 atom stereocenters. The topological polar surface area (TPSA) is 143 Å². The molecule has 3 N–H and O–H groups in total. The summed E-state index contributed by atoms with van der Waals surface area (Å²) in [5, 5.41) is 3.49. The van der Waals surface area contributed by atoms with Crippen LogP contribution in [0.2, 0.25) is 0 Å². The average molecular weight is 474 g/mol. The number of hydrogen-bond acceptors (Lipinski definition) is 8. The van der Waals surface area contributed by atoms with Crippen LogP contribution in [0.3, 0.4) is 0 Å². The first-order valence-corrected chi connectivity index (χ1v) is 11.9. The van der Waals surface area contributed by atoms with E-state index in [0.717, 1.165) is 5.56 Å². The predicted octanol–water partition coefficient (Wildman–Crippen LogP) is 2.41. The van der Waals surface area contributed by atoms with E-state index in [9.17, 15) is 18.0 Å². The highest BCUT2D eigenvalue weighted by Gasteiger charge is 2.29. The summed E-state index contributed by atoms with van der Waals surface area (Å²) >= 11 is 1.45. The maximum Gasteiger partial charge on any atom is 0.408 e. The molecule has 31 heavy (non-hydrogen) atoms. The third-order valence-corrected chi connectivity index (χ3v) is 5.72. The number of carbonyl (C=O) groups is 2. The Hall–Kier alpha value is -2.31. The number of nitrogens with one attached hydrogen (secondary N) is 2. The van der Waals surface area contributed by atoms with Gasteiger partial charge in [0, 0.05) is 5.75 Å². The Morgan fingerprint density at radius 2 is 1.94 bits per heavy atom. The standard InChI is InChI=1S/C19H27N3O7S2/c1-19(2,3)29-18(24)21-15(17-20-14(11-30-17)10-16(23)28-4)9-12-5-7-13(8-6-12)22-31(25,26)27/h5-8,14-15,22H,9-11H2,1-4H3,(H,21,24)(H,25,26,27)/t14?,15-/m0/s1. The molecule has 0 radical (unpaired) electrons. The molecule has 2 rings (SSSR count). The molecule has 0 spiro atoms. The lowest BCUT2D eigenvalue weighted by Crippen LogP contribution is -2.43. The molecule has 1 aromatic carbocycles. The van der Waals surface area contributed by atoms with Crippen LogP contribution in [0.4, 0.5) is 10.5 Å². The number of alkyl carbamates (subject to hydrolysis) is 1. The normalized spacial score (nSPS) is 17.5. The monoisotopic (exact) mass is 473 g/mol. The zero-order chi connectivity index (χ0) is 23.2. The second-order valence-electron chi connectivity index (χ2n) is 7.89. The minimum absolute atomic E-state index is 0.155. The molecule has 1 aliphatic rings. The van der Waals surface area contributed by atoms with Crippen molar-refractivity contribution in [2.75, 3.05) is 17.6 Å². The van der Waals surface area contributed by atoms with Gasteiger partial charge in [-0.3, -0.25) is 19.1 Å². The van der Waals surface area contributed by atoms with Gasteiger partial charge in [0.05, 0.1) is 36.3 Å². The van der Waals surface area contributed by atoms with Crippen molar-refractivity contribution in [3.63, 3.8) is 0 Å². The van der Waals surface area contributed by atoms with E-state index in [-0.39, 0.29) is 24.1 Å². The number of methoxy groups -OCH3 is 1. The van der Waals surface area contributed by atoms with Crippen molar-refractivity contribution >= 4 is 44.9 Å². The lowest BCUT2D eigenvalue weighted by molar-refractivity contribution is -0.140. The van der Waals surface area contributed by atoms with E-state index in [1.807, 2.05) is 4.72 Å². The summed E-state index contributed by atoms with van der Waals surface area (Å²) < 4.78 is 42.8. The highest BCUT2D eigenvalue weighted by Crippen LogP contribution is 2.25. The third kappa shape index (κ3) is 9.15. The molecule has 12 heteroatoms. The van der Waals surface area contributed by atoms with E-state index in [0.29, 0.717) is 17.2 Å². The first kappa shape index (κ1) is 25.0. The average Bonchev–Trinajstić information content (AvgIpc) is 3.08. The Morgan fingerprint density at radius 3 is 2.48 bits per heavy atom. The molecule has 0 bridgehead atoms. The Bertz CT molecular complexity index is 925. The number of ether oxygens (including phenoxy) is 2. The molecule has 0 fully saturated rings. The fourth-order valence-corrected chi connectivity index (χ4v) is 4.31. The smallest absolute Gasteiger partial charge is 0.408 e. The van der Waals surface area contributed by atoms with Crippen LogP contribution in [-0.4, -0.2) is 60.6 Å². The molecular weight excluding hydrogens is 446 g/mol. The molecular formula is C19H27N3O7S2. The van der Waals surface area contributed by atoms with Gasteiger partial charge in [-0.2, -0.15) is 8.42 Å². The molecule has 0 saturated carbocycles. The SMILES string of the molecule is COC(=O)CC1CSC([C@H](Cc2ccc(NS(=O)(=O)O)cc2)NC(=O)OC(C)(C)C)=N1. The number of hydrogen-bond donors (Lipinski definition) is 3. The number of esters is 1. The van der Waals surface area contributed by atoms with Gasteiger partial charge in [0.25, 0.3) is 0 Å². The van der Waals surface area contributed by atoms with Crippen molar-refractivity contribution in [3.05, 3.63) is 29.8 Å². The van der Waals surface area contributed by atoms with E-state index in [2.05, 4.69) is 10.3 Å². The summed E-state index contributed by atoms with van der Waals surface area (Å²) in [7, 11) is -3.04. The summed E-state index contributed by atoms with van der Waals surface area (Å²) in [5.41, 5.74) is 0.325. The van der Waals surface area contributed by atoms with Crippen LogP contribution in [0, 0.1) is 0 Å². The first-order valence-electron chi connectivity index (χ1n) is 9.45. The van der Waals surface area contributed by atoms with E-state index >= 15 is 0 Å². The van der Waals surface area contributed by atoms with Crippen molar-refractivity contribution in [2.24, 2.45) is 4.99 Å². The number of thioether (sulfide) groups is 1. The third-order valence-electron chi connectivity index (χ3n) is 3.99. The van der Waals surface area contributed by atoms with Gasteiger partial charge in [-0.25, -0.2) is 4.79 Å². The van der Waals surface area contributed by atoms with Gasteiger partial charge in [0.15, 0.2) is 0 Å². The molecule has 1 aliphatic heterocycles. The van der Waals surface area contributed by atoms with Crippen LogP contribution in [0.25, 0.3) is 0 Å². The van der Waals surface area contributed by atoms with Crippen molar-refractivity contribution in [2.45, 2.75) is 51.3 Å². The van der Waals surface area contributed by atoms with Crippen LogP contribution >= 0.6 is 11.8 Å². The van der Waals surface area contributed by atoms with Crippen LogP contribution in [0.1, 0.15) is 32.8 Å². The second kappa shape index (κ2) is 10.3. The van der Waals surface area contributed by atoms with Gasteiger partial charge in [-0.15, -0.1) is 11.8 Å². The fraction of sp³-hybridized carbons (Fsp3) is 0.526. The first-order chi connectivity index (χ1) is 14.3. The summed E-state index contributed by atoms with van der Waals surface area (Å²) in [5.74, 6) is 0.239. The summed E-state index contributed by atoms with van der Waals surface area (Å²) in [6, 6.07) is 5.60. The Balaban J connectivity index is 2.17. The Kier molecular flexibility index (Phi) is 8.32. The molecule has 0 aromatic heterocycles. The number of rotatable bonds is 8. The molecule has 10 nitrogen and oxygen atoms in total. The molecule has 1 heterocycles. The van der Waals surface area contributed by atoms with E-state index in [1.165, 1.54) is 31.0 Å². The lowest BCUT2D eigenvalue weighted by Gasteiger charge is -2.23. The number of carbonyl (C=O) groups excluding carboxylic acids is 2. The quantitative estimate of drug-likeness (QED) is 0.386. The molecule has 1 aromatic rings. The Morgan fingerprint density at radius 1 is 1.29 bits per heavy atom. The van der Waals surface area contributed by atoms with E-state index < -0.39 is 28.0 Å². The fourth-order valence-electron chi connectivity index (χ4n) is 2.75. The van der Waals surface area contributed by atoms with Crippen molar-refractivity contribution < 1.29 is 32.0 Å². The Labute approximate surface area is 186 Å². The zero-order valence-electron chi connectivity index (χ0n) is 17.7. The molecule has 1 unspecified atom stereocenters. The number of aliphatic imine (C=N–C) groups is 1. The van der Waals surface area contributed by atoms with Crippen molar-refractivity contribution in [1.29, 1.82) is 0 Å². The van der Waals surface area contributed by atoms with Crippen LogP contribution in [0.5, 0.6) is 0 Å². The zero-order valence-corrected chi connectivity index (χ0v) is 19.4. The van der Waals surface area contributed by atoms with Crippen molar-refractivity contribution in [3.8, 4) is 0 Å². The lowest BCUT2D eigenvalue weighted by atomic mass is 10.1. The summed E-state index contributed by atoms with van der Waals surface area (Å²) in [4.78, 5) is 28.5. The van der Waals surface area contributed by atoms with Crippen LogP contribution in [-0.2, 0) is 31.0 Å². The highest BCUT2D eigenvalue weighted by molar-refractivity contribution is 8.14. The van der Waals surface area contributed by atoms with Crippen LogP contribution < -0.4 is 10.0 Å². The molecule has 0 saturated heterocycles. The maximum absolute atomic E-state index is 12.4. The van der Waals surface area contributed by atoms with Gasteiger partial charge in [0.2, 0.25) is 0 Å². The van der Waals surface area contributed by atoms with E-state index in [1.54, 1.807) is 32.9 Å². The minimum atomic E-state index is -4.36. The number of anilines is 1. The summed E-state index contributed by atoms with van der Waals surface area (Å²) in [6.07, 6.45) is -0.0773. The van der Waals surface area contributed by atoms with Gasteiger partial charge in [-0.1, -0.05) is 12.1 Å². The molecule has 0 aliphatic carbocycles. The van der Waals surface area contributed by atoms with Crippen molar-refractivity contribution in [1.82, 2.24) is 5.32 Å². The minimum Gasteiger partial charge on any atom is -0.469 e. The number of amides is 1. The highest BCUT2D eigenvalue weighted by atomic mass is 32.2. The predicted molar refractivity (Wildman–Crippen MR) is 119 cm³/mol.